The number of carbonyl (C=O) groups excluding carboxylic acids is 2. The zero-order valence-electron chi connectivity index (χ0n) is 13.1. The van der Waals surface area contributed by atoms with E-state index < -0.39 is 16.1 Å². The normalized spacial score (nSPS) is 24.8. The van der Waals surface area contributed by atoms with Gasteiger partial charge in [0.15, 0.2) is 6.40 Å². The topological polar surface area (TPSA) is 68.2 Å². The monoisotopic (exact) mass is 314 g/mol. The lowest BCUT2D eigenvalue weighted by Gasteiger charge is -2.24. The second-order valence-corrected chi connectivity index (χ2v) is 6.34. The summed E-state index contributed by atoms with van der Waals surface area (Å²) >= 11 is 1.30. The predicted molar refractivity (Wildman–Crippen MR) is 83.3 cm³/mol. The molecular formula is C14H22N2O4S. The van der Waals surface area contributed by atoms with E-state index in [4.69, 9.17) is 9.47 Å². The van der Waals surface area contributed by atoms with Gasteiger partial charge in [0.1, 0.15) is 10.1 Å². The van der Waals surface area contributed by atoms with E-state index in [1.807, 2.05) is 6.92 Å². The minimum atomic E-state index is -0.834. The molecule has 1 aliphatic rings. The summed E-state index contributed by atoms with van der Waals surface area (Å²) in [5.41, 5.74) is 0.385. The molecule has 0 aromatic heterocycles. The lowest BCUT2D eigenvalue weighted by molar-refractivity contribution is -0.138. The van der Waals surface area contributed by atoms with Crippen LogP contribution in [0.3, 0.4) is 0 Å². The smallest absolute Gasteiger partial charge is 0.336 e. The third-order valence-corrected chi connectivity index (χ3v) is 4.21. The van der Waals surface area contributed by atoms with Crippen molar-refractivity contribution in [1.29, 1.82) is 0 Å². The van der Waals surface area contributed by atoms with Gasteiger partial charge < -0.3 is 14.4 Å². The van der Waals surface area contributed by atoms with Crippen LogP contribution in [0.4, 0.5) is 0 Å². The van der Waals surface area contributed by atoms with Gasteiger partial charge in [0.2, 0.25) is 5.91 Å². The molecule has 7 heteroatoms. The van der Waals surface area contributed by atoms with Crippen LogP contribution in [0.15, 0.2) is 16.6 Å². The molecule has 0 saturated heterocycles. The number of hydrogen-bond acceptors (Lipinski definition) is 6. The highest BCUT2D eigenvalue weighted by molar-refractivity contribution is 8.02. The minimum absolute atomic E-state index is 0.0941. The Kier molecular flexibility index (Phi) is 6.26. The van der Waals surface area contributed by atoms with Gasteiger partial charge >= 0.3 is 5.97 Å². The van der Waals surface area contributed by atoms with Crippen molar-refractivity contribution in [2.75, 3.05) is 27.3 Å². The molecule has 0 radical (unpaired) electrons. The molecule has 21 heavy (non-hydrogen) atoms. The lowest BCUT2D eigenvalue weighted by atomic mass is 10.1. The molecular weight excluding hydrogens is 292 g/mol. The number of thioether (sulfide) groups is 1. The maximum Gasteiger partial charge on any atom is 0.336 e. The highest BCUT2D eigenvalue weighted by atomic mass is 32.2. The molecule has 1 aliphatic heterocycles. The van der Waals surface area contributed by atoms with E-state index in [0.29, 0.717) is 12.2 Å². The summed E-state index contributed by atoms with van der Waals surface area (Å²) in [5, 5.41) is -0.496. The number of carbonyl (C=O) groups is 2. The fourth-order valence-corrected chi connectivity index (χ4v) is 3.26. The second kappa shape index (κ2) is 7.49. The first kappa shape index (κ1) is 17.6. The molecule has 0 aromatic carbocycles. The van der Waals surface area contributed by atoms with Crippen LogP contribution in [0.1, 0.15) is 20.8 Å². The van der Waals surface area contributed by atoms with Crippen molar-refractivity contribution in [1.82, 2.24) is 4.90 Å². The van der Waals surface area contributed by atoms with Crippen LogP contribution in [0.25, 0.3) is 0 Å². The standard InChI is InChI=1S/C14H22N2O4S/c1-6-19-9-15-11-10(12(17)20-7-2)8-14(3,21-11)13(18)16(4)5/h8-9,11H,6-7H2,1-5H3. The first-order valence-electron chi connectivity index (χ1n) is 6.78. The van der Waals surface area contributed by atoms with Crippen molar-refractivity contribution in [2.45, 2.75) is 30.9 Å². The maximum atomic E-state index is 12.3. The van der Waals surface area contributed by atoms with Crippen molar-refractivity contribution in [3.63, 3.8) is 0 Å². The second-order valence-electron chi connectivity index (χ2n) is 4.81. The fraction of sp³-hybridized carbons (Fsp3) is 0.643. The molecule has 0 bridgehead atoms. The zero-order chi connectivity index (χ0) is 16.0. The first-order chi connectivity index (χ1) is 9.85. The summed E-state index contributed by atoms with van der Waals surface area (Å²) in [6.07, 6.45) is 2.96. The molecule has 2 unspecified atom stereocenters. The summed E-state index contributed by atoms with van der Waals surface area (Å²) in [7, 11) is 3.37. The van der Waals surface area contributed by atoms with Gasteiger partial charge in [0, 0.05) is 14.1 Å². The molecule has 118 valence electrons. The molecule has 0 aliphatic carbocycles. The van der Waals surface area contributed by atoms with Gasteiger partial charge in [-0.15, -0.1) is 11.8 Å². The number of rotatable bonds is 6. The van der Waals surface area contributed by atoms with Crippen LogP contribution in [-0.2, 0) is 19.1 Å². The molecule has 0 fully saturated rings. The van der Waals surface area contributed by atoms with E-state index in [-0.39, 0.29) is 12.5 Å². The quantitative estimate of drug-likeness (QED) is 0.422. The van der Waals surface area contributed by atoms with E-state index in [9.17, 15) is 9.59 Å². The van der Waals surface area contributed by atoms with E-state index in [1.54, 1.807) is 34.0 Å². The van der Waals surface area contributed by atoms with Gasteiger partial charge in [-0.25, -0.2) is 9.79 Å². The fourth-order valence-electron chi connectivity index (χ4n) is 1.91. The summed E-state index contributed by atoms with van der Waals surface area (Å²) in [6, 6.07) is 0. The Hall–Kier alpha value is -1.50. The average Bonchev–Trinajstić information content (AvgIpc) is 2.77. The van der Waals surface area contributed by atoms with Crippen LogP contribution >= 0.6 is 11.8 Å². The average molecular weight is 314 g/mol. The van der Waals surface area contributed by atoms with Crippen molar-refractivity contribution in [3.8, 4) is 0 Å². The number of amides is 1. The Balaban J connectivity index is 3.03. The zero-order valence-corrected chi connectivity index (χ0v) is 13.9. The highest BCUT2D eigenvalue weighted by Crippen LogP contribution is 2.43. The third kappa shape index (κ3) is 4.23. The molecule has 6 nitrogen and oxygen atoms in total. The number of esters is 1. The number of ether oxygens (including phenoxy) is 2. The largest absolute Gasteiger partial charge is 0.484 e. The number of nitrogens with zero attached hydrogens (tertiary/aromatic N) is 2. The predicted octanol–water partition coefficient (Wildman–Crippen LogP) is 1.46. The first-order valence-corrected chi connectivity index (χ1v) is 7.66. The van der Waals surface area contributed by atoms with E-state index in [2.05, 4.69) is 4.99 Å². The third-order valence-electron chi connectivity index (χ3n) is 2.83. The van der Waals surface area contributed by atoms with Gasteiger partial charge in [-0.2, -0.15) is 0 Å². The summed E-state index contributed by atoms with van der Waals surface area (Å²) < 4.78 is 9.28. The highest BCUT2D eigenvalue weighted by Gasteiger charge is 2.45. The molecule has 0 N–H and O–H groups in total. The summed E-state index contributed by atoms with van der Waals surface area (Å²) in [6.45, 7) is 6.13. The van der Waals surface area contributed by atoms with Crippen molar-refractivity contribution < 1.29 is 19.1 Å². The van der Waals surface area contributed by atoms with Crippen LogP contribution in [0.5, 0.6) is 0 Å². The van der Waals surface area contributed by atoms with Gasteiger partial charge in [0.25, 0.3) is 0 Å². The van der Waals surface area contributed by atoms with Crippen LogP contribution in [0.2, 0.25) is 0 Å². The summed E-state index contributed by atoms with van der Waals surface area (Å²) in [4.78, 5) is 30.0. The SMILES string of the molecule is CCOC=NC1SC(C)(C(=O)N(C)C)C=C1C(=O)OCC. The molecule has 1 rings (SSSR count). The van der Waals surface area contributed by atoms with Gasteiger partial charge in [-0.3, -0.25) is 4.79 Å². The maximum absolute atomic E-state index is 12.3. The van der Waals surface area contributed by atoms with Gasteiger partial charge in [0.05, 0.1) is 18.8 Å². The van der Waals surface area contributed by atoms with Crippen molar-refractivity contribution >= 4 is 30.0 Å². The van der Waals surface area contributed by atoms with Crippen LogP contribution in [-0.4, -0.2) is 60.6 Å². The van der Waals surface area contributed by atoms with Crippen LogP contribution < -0.4 is 0 Å². The van der Waals surface area contributed by atoms with Gasteiger partial charge in [-0.05, 0) is 26.8 Å². The molecule has 0 aromatic rings. The number of aliphatic imine (C=N–C) groups is 1. The van der Waals surface area contributed by atoms with Crippen molar-refractivity contribution in [3.05, 3.63) is 11.6 Å². The van der Waals surface area contributed by atoms with E-state index in [1.165, 1.54) is 23.1 Å². The molecule has 2 atom stereocenters. The Morgan fingerprint density at radius 2 is 2.10 bits per heavy atom. The van der Waals surface area contributed by atoms with Crippen molar-refractivity contribution in [2.24, 2.45) is 4.99 Å². The van der Waals surface area contributed by atoms with E-state index in [0.717, 1.165) is 0 Å². The van der Waals surface area contributed by atoms with E-state index >= 15 is 0 Å². The Morgan fingerprint density at radius 3 is 2.62 bits per heavy atom. The molecule has 1 amide bonds. The molecule has 1 heterocycles. The Bertz CT molecular complexity index is 462. The molecule has 0 spiro atoms. The van der Waals surface area contributed by atoms with Crippen LogP contribution in [0, 0.1) is 0 Å². The molecule has 0 saturated carbocycles. The Morgan fingerprint density at radius 1 is 1.43 bits per heavy atom. The Labute approximate surface area is 129 Å². The summed E-state index contributed by atoms with van der Waals surface area (Å²) in [5.74, 6) is -0.540. The van der Waals surface area contributed by atoms with Gasteiger partial charge in [-0.1, -0.05) is 0 Å². The number of hydrogen-bond donors (Lipinski definition) is 0. The lowest BCUT2D eigenvalue weighted by Crippen LogP contribution is -2.39. The minimum Gasteiger partial charge on any atom is -0.484 e.